The van der Waals surface area contributed by atoms with Crippen LogP contribution in [0.15, 0.2) is 24.3 Å². The van der Waals surface area contributed by atoms with Gasteiger partial charge in [-0.3, -0.25) is 0 Å². The van der Waals surface area contributed by atoms with Crippen molar-refractivity contribution in [3.8, 4) is 5.75 Å². The molecule has 0 saturated carbocycles. The van der Waals surface area contributed by atoms with Crippen molar-refractivity contribution < 1.29 is 9.13 Å². The fourth-order valence-corrected chi connectivity index (χ4v) is 1.22. The Balaban J connectivity index is 2.10. The highest BCUT2D eigenvalue weighted by Crippen LogP contribution is 2.11. The molecule has 84 valence electrons. The van der Waals surface area contributed by atoms with Gasteiger partial charge in [0.1, 0.15) is 18.2 Å². The Kier molecular flexibility index (Phi) is 5.78. The molecule has 0 atom stereocenters. The van der Waals surface area contributed by atoms with Gasteiger partial charge in [-0.1, -0.05) is 19.4 Å². The zero-order chi connectivity index (χ0) is 10.9. The molecule has 15 heavy (non-hydrogen) atoms. The second-order valence-corrected chi connectivity index (χ2v) is 3.41. The van der Waals surface area contributed by atoms with Gasteiger partial charge in [0.2, 0.25) is 0 Å². The zero-order valence-electron chi connectivity index (χ0n) is 9.13. The summed E-state index contributed by atoms with van der Waals surface area (Å²) >= 11 is 0. The van der Waals surface area contributed by atoms with Crippen LogP contribution in [0.5, 0.6) is 5.75 Å². The van der Waals surface area contributed by atoms with E-state index in [0.717, 1.165) is 13.1 Å². The molecule has 0 fully saturated rings. The van der Waals surface area contributed by atoms with Gasteiger partial charge in [0.05, 0.1) is 0 Å². The first-order valence-corrected chi connectivity index (χ1v) is 5.42. The third-order valence-electron chi connectivity index (χ3n) is 2.05. The molecular weight excluding hydrogens is 193 g/mol. The number of benzene rings is 1. The minimum atomic E-state index is -0.258. The lowest BCUT2D eigenvalue weighted by Gasteiger charge is -2.06. The second kappa shape index (κ2) is 7.23. The first kappa shape index (κ1) is 12.0. The third-order valence-corrected chi connectivity index (χ3v) is 2.05. The van der Waals surface area contributed by atoms with Crippen LogP contribution in [-0.2, 0) is 0 Å². The molecule has 0 aliphatic heterocycles. The first-order valence-electron chi connectivity index (χ1n) is 5.42. The first-order chi connectivity index (χ1) is 7.33. The van der Waals surface area contributed by atoms with E-state index in [4.69, 9.17) is 4.74 Å². The average Bonchev–Trinajstić information content (AvgIpc) is 2.23. The Morgan fingerprint density at radius 2 is 2.20 bits per heavy atom. The minimum absolute atomic E-state index is 0.258. The van der Waals surface area contributed by atoms with Gasteiger partial charge in [-0.2, -0.15) is 0 Å². The molecule has 0 radical (unpaired) electrons. The lowest BCUT2D eigenvalue weighted by Crippen LogP contribution is -2.21. The third kappa shape index (κ3) is 5.37. The van der Waals surface area contributed by atoms with Crippen LogP contribution in [0.2, 0.25) is 0 Å². The van der Waals surface area contributed by atoms with E-state index in [-0.39, 0.29) is 5.82 Å². The molecule has 1 aromatic carbocycles. The van der Waals surface area contributed by atoms with E-state index in [2.05, 4.69) is 12.2 Å². The summed E-state index contributed by atoms with van der Waals surface area (Å²) < 4.78 is 18.1. The maximum absolute atomic E-state index is 12.7. The van der Waals surface area contributed by atoms with Crippen LogP contribution in [0.1, 0.15) is 19.8 Å². The lowest BCUT2D eigenvalue weighted by atomic mass is 10.3. The highest BCUT2D eigenvalue weighted by atomic mass is 19.1. The summed E-state index contributed by atoms with van der Waals surface area (Å²) in [5.74, 6) is 0.332. The van der Waals surface area contributed by atoms with Gasteiger partial charge in [0.25, 0.3) is 0 Å². The van der Waals surface area contributed by atoms with Gasteiger partial charge < -0.3 is 10.1 Å². The van der Waals surface area contributed by atoms with E-state index in [1.165, 1.54) is 25.0 Å². The normalized spacial score (nSPS) is 10.3. The zero-order valence-corrected chi connectivity index (χ0v) is 9.13. The van der Waals surface area contributed by atoms with Crippen molar-refractivity contribution in [1.29, 1.82) is 0 Å². The average molecular weight is 211 g/mol. The maximum atomic E-state index is 12.7. The Morgan fingerprint density at radius 3 is 2.93 bits per heavy atom. The number of ether oxygens (including phenoxy) is 1. The summed E-state index contributed by atoms with van der Waals surface area (Å²) in [7, 11) is 0. The molecule has 0 heterocycles. The smallest absolute Gasteiger partial charge is 0.126 e. The Labute approximate surface area is 90.4 Å². The van der Waals surface area contributed by atoms with Crippen molar-refractivity contribution in [1.82, 2.24) is 5.32 Å². The molecular formula is C12H18FNO. The molecule has 1 N–H and O–H groups in total. The van der Waals surface area contributed by atoms with Crippen LogP contribution in [0.25, 0.3) is 0 Å². The number of halogens is 1. The van der Waals surface area contributed by atoms with Crippen LogP contribution < -0.4 is 10.1 Å². The highest BCUT2D eigenvalue weighted by Gasteiger charge is 1.95. The topological polar surface area (TPSA) is 21.3 Å². The van der Waals surface area contributed by atoms with Crippen LogP contribution >= 0.6 is 0 Å². The second-order valence-electron chi connectivity index (χ2n) is 3.41. The van der Waals surface area contributed by atoms with Crippen LogP contribution in [0, 0.1) is 5.82 Å². The van der Waals surface area contributed by atoms with E-state index in [1.54, 1.807) is 12.1 Å². The van der Waals surface area contributed by atoms with Crippen molar-refractivity contribution in [3.63, 3.8) is 0 Å². The predicted octanol–water partition coefficient (Wildman–Crippen LogP) is 2.59. The summed E-state index contributed by atoms with van der Waals surface area (Å²) in [4.78, 5) is 0. The molecule has 0 aliphatic carbocycles. The van der Waals surface area contributed by atoms with Gasteiger partial charge in [-0.05, 0) is 25.1 Å². The standard InChI is InChI=1S/C12H18FNO/c1-2-3-7-14-8-9-15-12-6-4-5-11(13)10-12/h4-6,10,14H,2-3,7-9H2,1H3. The maximum Gasteiger partial charge on any atom is 0.126 e. The fourth-order valence-electron chi connectivity index (χ4n) is 1.22. The van der Waals surface area contributed by atoms with Crippen LogP contribution in [-0.4, -0.2) is 19.7 Å². The molecule has 0 bridgehead atoms. The Hall–Kier alpha value is -1.09. The fraction of sp³-hybridized carbons (Fsp3) is 0.500. The van der Waals surface area contributed by atoms with E-state index in [1.807, 2.05) is 0 Å². The minimum Gasteiger partial charge on any atom is -0.492 e. The van der Waals surface area contributed by atoms with Crippen LogP contribution in [0.4, 0.5) is 4.39 Å². The summed E-state index contributed by atoms with van der Waals surface area (Å²) in [6.07, 6.45) is 2.37. The van der Waals surface area contributed by atoms with Gasteiger partial charge in [-0.15, -0.1) is 0 Å². The van der Waals surface area contributed by atoms with E-state index < -0.39 is 0 Å². The van der Waals surface area contributed by atoms with Crippen molar-refractivity contribution in [3.05, 3.63) is 30.1 Å². The molecule has 0 aliphatic rings. The Bertz CT molecular complexity index is 278. The lowest BCUT2D eigenvalue weighted by molar-refractivity contribution is 0.312. The van der Waals surface area contributed by atoms with Gasteiger partial charge >= 0.3 is 0 Å². The molecule has 0 spiro atoms. The predicted molar refractivity (Wildman–Crippen MR) is 59.7 cm³/mol. The summed E-state index contributed by atoms with van der Waals surface area (Å²) in [5, 5.41) is 3.25. The highest BCUT2D eigenvalue weighted by molar-refractivity contribution is 5.22. The van der Waals surface area contributed by atoms with Crippen molar-refractivity contribution >= 4 is 0 Å². The molecule has 3 heteroatoms. The van der Waals surface area contributed by atoms with Gasteiger partial charge in [0.15, 0.2) is 0 Å². The molecule has 0 saturated heterocycles. The summed E-state index contributed by atoms with van der Waals surface area (Å²) in [6, 6.07) is 6.21. The van der Waals surface area contributed by atoms with Gasteiger partial charge in [0, 0.05) is 12.6 Å². The largest absolute Gasteiger partial charge is 0.492 e. The number of hydrogen-bond acceptors (Lipinski definition) is 2. The molecule has 0 amide bonds. The SMILES string of the molecule is CCCCNCCOc1cccc(F)c1. The van der Waals surface area contributed by atoms with Crippen molar-refractivity contribution in [2.45, 2.75) is 19.8 Å². The number of hydrogen-bond donors (Lipinski definition) is 1. The molecule has 1 rings (SSSR count). The molecule has 0 unspecified atom stereocenters. The summed E-state index contributed by atoms with van der Waals surface area (Å²) in [6.45, 7) is 4.55. The van der Waals surface area contributed by atoms with Gasteiger partial charge in [-0.25, -0.2) is 4.39 Å². The number of unbranched alkanes of at least 4 members (excludes halogenated alkanes) is 1. The number of rotatable bonds is 7. The van der Waals surface area contributed by atoms with E-state index in [0.29, 0.717) is 12.4 Å². The van der Waals surface area contributed by atoms with E-state index in [9.17, 15) is 4.39 Å². The quantitative estimate of drug-likeness (QED) is 0.700. The monoisotopic (exact) mass is 211 g/mol. The number of nitrogens with one attached hydrogen (secondary N) is 1. The van der Waals surface area contributed by atoms with Crippen molar-refractivity contribution in [2.24, 2.45) is 0 Å². The molecule has 2 nitrogen and oxygen atoms in total. The molecule has 1 aromatic rings. The summed E-state index contributed by atoms with van der Waals surface area (Å²) in [5.41, 5.74) is 0. The van der Waals surface area contributed by atoms with Crippen molar-refractivity contribution in [2.75, 3.05) is 19.7 Å². The molecule has 0 aromatic heterocycles. The van der Waals surface area contributed by atoms with Crippen LogP contribution in [0.3, 0.4) is 0 Å². The van der Waals surface area contributed by atoms with E-state index >= 15 is 0 Å². The Morgan fingerprint density at radius 1 is 1.33 bits per heavy atom.